The third-order valence-corrected chi connectivity index (χ3v) is 6.73. The van der Waals surface area contributed by atoms with E-state index in [9.17, 15) is 19.1 Å². The number of unbranched alkanes of at least 4 members (excludes halogenated alkanes) is 2. The highest BCUT2D eigenvalue weighted by molar-refractivity contribution is 6.46. The minimum atomic E-state index is -0.810. The predicted octanol–water partition coefficient (Wildman–Crippen LogP) is 5.17. The SMILES string of the molecule is CCCCCOc1ccc([C@@H]2C(=C(O)c3ccc(OC)c(F)c3)C(=O)C(=O)N2CCN(CC)CC)cc1. The number of aliphatic hydroxyl groups excluding tert-OH is 1. The lowest BCUT2D eigenvalue weighted by Crippen LogP contribution is -2.38. The third-order valence-electron chi connectivity index (χ3n) is 6.73. The van der Waals surface area contributed by atoms with E-state index >= 15 is 0 Å². The topological polar surface area (TPSA) is 79.3 Å². The quantitative estimate of drug-likeness (QED) is 0.173. The van der Waals surface area contributed by atoms with E-state index in [1.807, 2.05) is 13.8 Å². The molecule has 1 heterocycles. The molecule has 0 unspecified atom stereocenters. The molecule has 1 aliphatic heterocycles. The minimum Gasteiger partial charge on any atom is -0.507 e. The van der Waals surface area contributed by atoms with Crippen molar-refractivity contribution < 1.29 is 28.6 Å². The lowest BCUT2D eigenvalue weighted by Gasteiger charge is -2.28. The van der Waals surface area contributed by atoms with Crippen molar-refractivity contribution in [2.75, 3.05) is 39.9 Å². The number of Topliss-reactive ketones (excluding diaryl/α,β-unsaturated/α-hetero) is 1. The first-order valence-corrected chi connectivity index (χ1v) is 12.9. The lowest BCUT2D eigenvalue weighted by molar-refractivity contribution is -0.140. The molecule has 1 fully saturated rings. The van der Waals surface area contributed by atoms with E-state index in [-0.39, 0.29) is 16.9 Å². The first kappa shape index (κ1) is 28.2. The van der Waals surface area contributed by atoms with Crippen LogP contribution in [0.4, 0.5) is 4.39 Å². The Bertz CT molecular complexity index is 1110. The number of likely N-dealkylation sites (tertiary alicyclic amines) is 1. The number of likely N-dealkylation sites (N-methyl/N-ethyl adjacent to an activating group) is 1. The average molecular weight is 513 g/mol. The van der Waals surface area contributed by atoms with E-state index in [0.717, 1.165) is 38.4 Å². The minimum absolute atomic E-state index is 0.0160. The second kappa shape index (κ2) is 13.2. The Balaban J connectivity index is 2.01. The van der Waals surface area contributed by atoms with Gasteiger partial charge >= 0.3 is 0 Å². The monoisotopic (exact) mass is 512 g/mol. The standard InChI is InChI=1S/C29H37FN2O5/c1-5-8-9-18-37-22-13-10-20(11-14-22)26-25(27(33)21-12-15-24(36-4)23(30)19-21)28(34)29(35)32(26)17-16-31(6-2)7-3/h10-15,19,26,33H,5-9,16-18H2,1-4H3/t26-/m1/s1. The predicted molar refractivity (Wildman–Crippen MR) is 141 cm³/mol. The first-order chi connectivity index (χ1) is 17.9. The Morgan fingerprint density at radius 2 is 1.76 bits per heavy atom. The van der Waals surface area contributed by atoms with Crippen LogP contribution in [-0.2, 0) is 9.59 Å². The maximum atomic E-state index is 14.4. The molecule has 8 heteroatoms. The number of aliphatic hydroxyl groups is 1. The molecule has 1 aliphatic rings. The number of benzene rings is 2. The number of carbonyl (C=O) groups excluding carboxylic acids is 2. The molecule has 1 saturated heterocycles. The van der Waals surface area contributed by atoms with Crippen molar-refractivity contribution in [2.45, 2.75) is 46.1 Å². The lowest BCUT2D eigenvalue weighted by atomic mass is 9.95. The van der Waals surface area contributed by atoms with Crippen LogP contribution in [0.1, 0.15) is 57.2 Å². The van der Waals surface area contributed by atoms with Crippen LogP contribution >= 0.6 is 0 Å². The number of methoxy groups -OCH3 is 1. The van der Waals surface area contributed by atoms with Gasteiger partial charge in [-0.3, -0.25) is 9.59 Å². The van der Waals surface area contributed by atoms with Gasteiger partial charge in [-0.05, 0) is 55.4 Å². The Labute approximate surface area is 218 Å². The second-order valence-electron chi connectivity index (χ2n) is 8.99. The van der Waals surface area contributed by atoms with Gasteiger partial charge in [0.25, 0.3) is 11.7 Å². The molecular weight excluding hydrogens is 475 g/mol. The fourth-order valence-electron chi connectivity index (χ4n) is 4.50. The highest BCUT2D eigenvalue weighted by Crippen LogP contribution is 2.40. The highest BCUT2D eigenvalue weighted by Gasteiger charge is 2.46. The molecule has 2 aromatic carbocycles. The Kier molecular flexibility index (Phi) is 10.1. The summed E-state index contributed by atoms with van der Waals surface area (Å²) in [6, 6.07) is 10.3. The summed E-state index contributed by atoms with van der Waals surface area (Å²) >= 11 is 0. The summed E-state index contributed by atoms with van der Waals surface area (Å²) in [7, 11) is 1.34. The summed E-state index contributed by atoms with van der Waals surface area (Å²) in [5.74, 6) is -1.87. The summed E-state index contributed by atoms with van der Waals surface area (Å²) in [5.41, 5.74) is 0.696. The van der Waals surface area contributed by atoms with Gasteiger partial charge in [-0.15, -0.1) is 0 Å². The van der Waals surface area contributed by atoms with Crippen molar-refractivity contribution in [1.29, 1.82) is 0 Å². The zero-order chi connectivity index (χ0) is 26.9. The van der Waals surface area contributed by atoms with Gasteiger partial charge in [-0.2, -0.15) is 0 Å². The summed E-state index contributed by atoms with van der Waals surface area (Å²) in [6.07, 6.45) is 3.15. The van der Waals surface area contributed by atoms with Crippen LogP contribution in [0.3, 0.4) is 0 Å². The maximum Gasteiger partial charge on any atom is 0.295 e. The van der Waals surface area contributed by atoms with Crippen molar-refractivity contribution in [3.05, 3.63) is 65.0 Å². The molecule has 37 heavy (non-hydrogen) atoms. The molecule has 1 N–H and O–H groups in total. The molecule has 0 aromatic heterocycles. The van der Waals surface area contributed by atoms with Gasteiger partial charge in [0.1, 0.15) is 11.5 Å². The van der Waals surface area contributed by atoms with Crippen molar-refractivity contribution in [3.8, 4) is 11.5 Å². The van der Waals surface area contributed by atoms with E-state index in [1.165, 1.54) is 24.1 Å². The number of nitrogens with zero attached hydrogens (tertiary/aromatic N) is 2. The molecule has 7 nitrogen and oxygen atoms in total. The molecule has 2 aromatic rings. The Hall–Kier alpha value is -3.39. The molecule has 3 rings (SSSR count). The van der Waals surface area contributed by atoms with Crippen LogP contribution in [0.2, 0.25) is 0 Å². The summed E-state index contributed by atoms with van der Waals surface area (Å²) in [5, 5.41) is 11.2. The third kappa shape index (κ3) is 6.49. The van der Waals surface area contributed by atoms with Gasteiger partial charge in [0.05, 0.1) is 25.3 Å². The number of ketones is 1. The summed E-state index contributed by atoms with van der Waals surface area (Å²) in [6.45, 7) is 9.30. The number of halogens is 1. The smallest absolute Gasteiger partial charge is 0.295 e. The summed E-state index contributed by atoms with van der Waals surface area (Å²) in [4.78, 5) is 30.0. The number of carbonyl (C=O) groups is 2. The van der Waals surface area contributed by atoms with Crippen molar-refractivity contribution in [3.63, 3.8) is 0 Å². The van der Waals surface area contributed by atoms with Crippen molar-refractivity contribution in [2.24, 2.45) is 0 Å². The van der Waals surface area contributed by atoms with Gasteiger partial charge in [-0.25, -0.2) is 4.39 Å². The fourth-order valence-corrected chi connectivity index (χ4v) is 4.50. The van der Waals surface area contributed by atoms with Gasteiger partial charge in [0.2, 0.25) is 0 Å². The van der Waals surface area contributed by atoms with E-state index in [4.69, 9.17) is 9.47 Å². The van der Waals surface area contributed by atoms with E-state index in [0.29, 0.717) is 31.0 Å². The first-order valence-electron chi connectivity index (χ1n) is 12.9. The molecular formula is C29H37FN2O5. The number of ether oxygens (including phenoxy) is 2. The van der Waals surface area contributed by atoms with Crippen molar-refractivity contribution in [1.82, 2.24) is 9.80 Å². The highest BCUT2D eigenvalue weighted by atomic mass is 19.1. The molecule has 0 aliphatic carbocycles. The number of hydrogen-bond acceptors (Lipinski definition) is 6. The summed E-state index contributed by atoms with van der Waals surface area (Å²) < 4.78 is 25.2. The van der Waals surface area contributed by atoms with Gasteiger partial charge in [0, 0.05) is 18.7 Å². The Morgan fingerprint density at radius 3 is 2.35 bits per heavy atom. The number of hydrogen-bond donors (Lipinski definition) is 1. The molecule has 0 saturated carbocycles. The zero-order valence-electron chi connectivity index (χ0n) is 22.1. The van der Waals surface area contributed by atoms with E-state index in [1.54, 1.807) is 24.3 Å². The molecule has 0 radical (unpaired) electrons. The van der Waals surface area contributed by atoms with Crippen LogP contribution in [0.5, 0.6) is 11.5 Å². The van der Waals surface area contributed by atoms with Crippen LogP contribution in [0, 0.1) is 5.82 Å². The number of amides is 1. The van der Waals surface area contributed by atoms with Crippen LogP contribution < -0.4 is 9.47 Å². The van der Waals surface area contributed by atoms with Gasteiger partial charge < -0.3 is 24.4 Å². The molecule has 200 valence electrons. The molecule has 1 amide bonds. The van der Waals surface area contributed by atoms with Crippen LogP contribution in [0.25, 0.3) is 5.76 Å². The average Bonchev–Trinajstić information content (AvgIpc) is 3.16. The van der Waals surface area contributed by atoms with E-state index < -0.39 is 29.3 Å². The maximum absolute atomic E-state index is 14.4. The van der Waals surface area contributed by atoms with Crippen molar-refractivity contribution >= 4 is 17.4 Å². The normalized spacial score (nSPS) is 17.0. The van der Waals surface area contributed by atoms with Crippen LogP contribution in [0.15, 0.2) is 48.0 Å². The number of rotatable bonds is 13. The molecule has 0 bridgehead atoms. The second-order valence-corrected chi connectivity index (χ2v) is 8.99. The molecule has 1 atom stereocenters. The largest absolute Gasteiger partial charge is 0.507 e. The van der Waals surface area contributed by atoms with Crippen LogP contribution in [-0.4, -0.2) is 66.5 Å². The van der Waals surface area contributed by atoms with E-state index in [2.05, 4.69) is 11.8 Å². The zero-order valence-corrected chi connectivity index (χ0v) is 22.1. The fraction of sp³-hybridized carbons (Fsp3) is 0.448. The molecule has 0 spiro atoms. The Morgan fingerprint density at radius 1 is 1.05 bits per heavy atom. The van der Waals surface area contributed by atoms with Gasteiger partial charge in [0.15, 0.2) is 11.6 Å². The van der Waals surface area contributed by atoms with Gasteiger partial charge in [-0.1, -0.05) is 45.7 Å².